The first kappa shape index (κ1) is 14.9. The third-order valence-corrected chi connectivity index (χ3v) is 2.44. The van der Waals surface area contributed by atoms with Crippen molar-refractivity contribution >= 4 is 5.91 Å². The number of carbonyl (C=O) groups is 1. The van der Waals surface area contributed by atoms with E-state index in [0.29, 0.717) is 25.4 Å². The Morgan fingerprint density at radius 2 is 2.06 bits per heavy atom. The van der Waals surface area contributed by atoms with Gasteiger partial charge in [0.2, 0.25) is 5.91 Å². The monoisotopic (exact) mass is 225 g/mol. The maximum absolute atomic E-state index is 11.5. The van der Waals surface area contributed by atoms with Gasteiger partial charge in [0.25, 0.3) is 0 Å². The van der Waals surface area contributed by atoms with Crippen LogP contribution < -0.4 is 11.1 Å². The van der Waals surface area contributed by atoms with Crippen LogP contribution in [0.1, 0.15) is 33.6 Å². The Hall–Kier alpha value is -1.08. The zero-order chi connectivity index (χ0) is 12.6. The molecule has 4 heteroatoms. The summed E-state index contributed by atoms with van der Waals surface area (Å²) in [7, 11) is 0. The van der Waals surface area contributed by atoms with Crippen LogP contribution in [0.5, 0.6) is 0 Å². The summed E-state index contributed by atoms with van der Waals surface area (Å²) in [6.45, 7) is 7.00. The van der Waals surface area contributed by atoms with E-state index < -0.39 is 0 Å². The van der Waals surface area contributed by atoms with Gasteiger partial charge in [-0.3, -0.25) is 4.79 Å². The summed E-state index contributed by atoms with van der Waals surface area (Å²) in [6, 6.07) is 2.08. The highest BCUT2D eigenvalue weighted by Crippen LogP contribution is 2.13. The van der Waals surface area contributed by atoms with Crippen molar-refractivity contribution < 1.29 is 4.79 Å². The van der Waals surface area contributed by atoms with Gasteiger partial charge in [0, 0.05) is 13.0 Å². The van der Waals surface area contributed by atoms with Crippen molar-refractivity contribution in [1.82, 2.24) is 5.32 Å². The molecule has 1 amide bonds. The molecule has 2 unspecified atom stereocenters. The second-order valence-electron chi connectivity index (χ2n) is 4.77. The molecule has 0 heterocycles. The number of amides is 1. The number of nitrogens with zero attached hydrogens (tertiary/aromatic N) is 1. The molecule has 0 aromatic rings. The SMILES string of the molecule is CC(C)CC(CN)CC(=O)NCC(C)C#N. The second kappa shape index (κ2) is 8.12. The molecule has 0 aromatic heterocycles. The molecule has 0 bridgehead atoms. The third kappa shape index (κ3) is 7.24. The summed E-state index contributed by atoms with van der Waals surface area (Å²) < 4.78 is 0. The predicted octanol–water partition coefficient (Wildman–Crippen LogP) is 1.27. The predicted molar refractivity (Wildman–Crippen MR) is 64.4 cm³/mol. The topological polar surface area (TPSA) is 78.9 Å². The van der Waals surface area contributed by atoms with Crippen LogP contribution in [-0.4, -0.2) is 19.0 Å². The number of hydrogen-bond donors (Lipinski definition) is 2. The minimum Gasteiger partial charge on any atom is -0.355 e. The molecule has 0 rings (SSSR count). The Balaban J connectivity index is 3.88. The van der Waals surface area contributed by atoms with Crippen LogP contribution in [-0.2, 0) is 4.79 Å². The number of hydrogen-bond acceptors (Lipinski definition) is 3. The summed E-state index contributed by atoms with van der Waals surface area (Å²) in [5.41, 5.74) is 5.62. The van der Waals surface area contributed by atoms with E-state index in [0.717, 1.165) is 6.42 Å². The fourth-order valence-electron chi connectivity index (χ4n) is 1.58. The van der Waals surface area contributed by atoms with Crippen molar-refractivity contribution in [2.45, 2.75) is 33.6 Å². The highest BCUT2D eigenvalue weighted by Gasteiger charge is 2.14. The zero-order valence-electron chi connectivity index (χ0n) is 10.5. The molecule has 0 aliphatic carbocycles. The third-order valence-electron chi connectivity index (χ3n) is 2.44. The van der Waals surface area contributed by atoms with Crippen LogP contribution in [0.2, 0.25) is 0 Å². The van der Waals surface area contributed by atoms with E-state index in [2.05, 4.69) is 25.2 Å². The summed E-state index contributed by atoms with van der Waals surface area (Å²) >= 11 is 0. The average molecular weight is 225 g/mol. The summed E-state index contributed by atoms with van der Waals surface area (Å²) in [5.74, 6) is 0.667. The van der Waals surface area contributed by atoms with Gasteiger partial charge >= 0.3 is 0 Å². The summed E-state index contributed by atoms with van der Waals surface area (Å²) in [4.78, 5) is 11.5. The molecular formula is C12H23N3O. The minimum atomic E-state index is -0.134. The number of nitrogens with two attached hydrogens (primary N) is 1. The molecule has 0 radical (unpaired) electrons. The Morgan fingerprint density at radius 3 is 2.50 bits per heavy atom. The van der Waals surface area contributed by atoms with Gasteiger partial charge in [-0.2, -0.15) is 5.26 Å². The Morgan fingerprint density at radius 1 is 1.44 bits per heavy atom. The van der Waals surface area contributed by atoms with Gasteiger partial charge in [-0.15, -0.1) is 0 Å². The van der Waals surface area contributed by atoms with Crippen LogP contribution in [0.25, 0.3) is 0 Å². The van der Waals surface area contributed by atoms with E-state index in [1.54, 1.807) is 6.92 Å². The number of nitriles is 1. The van der Waals surface area contributed by atoms with Gasteiger partial charge in [-0.25, -0.2) is 0 Å². The van der Waals surface area contributed by atoms with Crippen LogP contribution in [0.4, 0.5) is 0 Å². The maximum atomic E-state index is 11.5. The number of nitrogens with one attached hydrogen (secondary N) is 1. The lowest BCUT2D eigenvalue weighted by Gasteiger charge is -2.16. The van der Waals surface area contributed by atoms with E-state index in [4.69, 9.17) is 11.0 Å². The first-order valence-corrected chi connectivity index (χ1v) is 5.86. The standard InChI is InChI=1S/C12H23N3O/c1-9(2)4-11(7-14)5-12(16)15-8-10(3)6-13/h9-11H,4-5,7-8,14H2,1-3H3,(H,15,16). The van der Waals surface area contributed by atoms with Gasteiger partial charge in [0.05, 0.1) is 12.0 Å². The molecule has 0 fully saturated rings. The molecule has 3 N–H and O–H groups in total. The summed E-state index contributed by atoms with van der Waals surface area (Å²) in [5, 5.41) is 11.3. The molecule has 0 saturated carbocycles. The highest BCUT2D eigenvalue weighted by atomic mass is 16.1. The first-order valence-electron chi connectivity index (χ1n) is 5.86. The van der Waals surface area contributed by atoms with Gasteiger partial charge in [0.15, 0.2) is 0 Å². The van der Waals surface area contributed by atoms with E-state index in [1.165, 1.54) is 0 Å². The van der Waals surface area contributed by atoms with Crippen molar-refractivity contribution in [1.29, 1.82) is 5.26 Å². The zero-order valence-corrected chi connectivity index (χ0v) is 10.5. The fraction of sp³-hybridized carbons (Fsp3) is 0.833. The van der Waals surface area contributed by atoms with E-state index in [9.17, 15) is 4.79 Å². The molecule has 92 valence electrons. The number of carbonyl (C=O) groups excluding carboxylic acids is 1. The van der Waals surface area contributed by atoms with Crippen LogP contribution in [0, 0.1) is 29.1 Å². The molecule has 0 aromatic carbocycles. The van der Waals surface area contributed by atoms with E-state index >= 15 is 0 Å². The lowest BCUT2D eigenvalue weighted by molar-refractivity contribution is -0.122. The summed E-state index contributed by atoms with van der Waals surface area (Å²) in [6.07, 6.45) is 1.44. The molecular weight excluding hydrogens is 202 g/mol. The van der Waals surface area contributed by atoms with Crippen molar-refractivity contribution in [2.24, 2.45) is 23.5 Å². The molecule has 0 spiro atoms. The van der Waals surface area contributed by atoms with Crippen LogP contribution >= 0.6 is 0 Å². The fourth-order valence-corrected chi connectivity index (χ4v) is 1.58. The van der Waals surface area contributed by atoms with E-state index in [1.807, 2.05) is 0 Å². The van der Waals surface area contributed by atoms with Crippen molar-refractivity contribution in [2.75, 3.05) is 13.1 Å². The molecule has 0 aliphatic rings. The number of rotatable bonds is 7. The lowest BCUT2D eigenvalue weighted by atomic mass is 9.94. The maximum Gasteiger partial charge on any atom is 0.220 e. The van der Waals surface area contributed by atoms with Crippen molar-refractivity contribution in [3.63, 3.8) is 0 Å². The molecule has 0 aliphatic heterocycles. The largest absolute Gasteiger partial charge is 0.355 e. The van der Waals surface area contributed by atoms with Crippen molar-refractivity contribution in [3.8, 4) is 6.07 Å². The van der Waals surface area contributed by atoms with Gasteiger partial charge < -0.3 is 11.1 Å². The average Bonchev–Trinajstić information content (AvgIpc) is 2.24. The van der Waals surface area contributed by atoms with E-state index in [-0.39, 0.29) is 17.7 Å². The normalized spacial score (nSPS) is 14.2. The molecule has 16 heavy (non-hydrogen) atoms. The molecule has 2 atom stereocenters. The van der Waals surface area contributed by atoms with Crippen LogP contribution in [0.3, 0.4) is 0 Å². The van der Waals surface area contributed by atoms with Gasteiger partial charge in [-0.05, 0) is 31.7 Å². The highest BCUT2D eigenvalue weighted by molar-refractivity contribution is 5.76. The van der Waals surface area contributed by atoms with Gasteiger partial charge in [-0.1, -0.05) is 13.8 Å². The lowest BCUT2D eigenvalue weighted by Crippen LogP contribution is -2.31. The molecule has 4 nitrogen and oxygen atoms in total. The quantitative estimate of drug-likeness (QED) is 0.685. The van der Waals surface area contributed by atoms with Crippen molar-refractivity contribution in [3.05, 3.63) is 0 Å². The second-order valence-corrected chi connectivity index (χ2v) is 4.77. The Bertz CT molecular complexity index is 245. The smallest absolute Gasteiger partial charge is 0.220 e. The Kier molecular flexibility index (Phi) is 7.57. The first-order chi connectivity index (χ1) is 7.49. The molecule has 0 saturated heterocycles. The van der Waals surface area contributed by atoms with Gasteiger partial charge in [0.1, 0.15) is 0 Å². The van der Waals surface area contributed by atoms with Crippen LogP contribution in [0.15, 0.2) is 0 Å². The Labute approximate surface area is 98.2 Å². The minimum absolute atomic E-state index is 0.00167.